The summed E-state index contributed by atoms with van der Waals surface area (Å²) in [6.07, 6.45) is 10.8. The second-order valence-corrected chi connectivity index (χ2v) is 5.14. The standard InChI is InChI=1S/C13H21N3O/c1-16-10-12(14-15-16)9-13(17)8-7-11-5-3-2-4-6-11/h10-11H,2-9H2,1H3. The molecule has 0 aromatic carbocycles. The zero-order valence-corrected chi connectivity index (χ0v) is 10.6. The molecule has 4 nitrogen and oxygen atoms in total. The third-order valence-electron chi connectivity index (χ3n) is 3.58. The number of ketones is 1. The van der Waals surface area contributed by atoms with E-state index in [9.17, 15) is 4.79 Å². The molecular formula is C13H21N3O. The fourth-order valence-electron chi connectivity index (χ4n) is 2.61. The van der Waals surface area contributed by atoms with Crippen molar-refractivity contribution in [2.45, 2.75) is 51.4 Å². The van der Waals surface area contributed by atoms with E-state index in [1.54, 1.807) is 4.68 Å². The maximum absolute atomic E-state index is 11.8. The first-order valence-corrected chi connectivity index (χ1v) is 6.61. The summed E-state index contributed by atoms with van der Waals surface area (Å²) in [5.74, 6) is 1.09. The molecule has 0 N–H and O–H groups in total. The third kappa shape index (κ3) is 3.95. The lowest BCUT2D eigenvalue weighted by atomic mass is 9.85. The van der Waals surface area contributed by atoms with Crippen LogP contribution in [0.4, 0.5) is 0 Å². The number of carbonyl (C=O) groups is 1. The normalized spacial score (nSPS) is 17.2. The molecule has 4 heteroatoms. The molecule has 1 aliphatic rings. The molecule has 0 spiro atoms. The van der Waals surface area contributed by atoms with Gasteiger partial charge < -0.3 is 0 Å². The summed E-state index contributed by atoms with van der Waals surface area (Å²) in [4.78, 5) is 11.8. The Labute approximate surface area is 102 Å². The zero-order chi connectivity index (χ0) is 12.1. The molecule has 94 valence electrons. The monoisotopic (exact) mass is 235 g/mol. The molecule has 1 aliphatic carbocycles. The van der Waals surface area contributed by atoms with Crippen molar-refractivity contribution in [3.8, 4) is 0 Å². The van der Waals surface area contributed by atoms with Crippen LogP contribution in [0.2, 0.25) is 0 Å². The fourth-order valence-corrected chi connectivity index (χ4v) is 2.61. The van der Waals surface area contributed by atoms with E-state index in [4.69, 9.17) is 0 Å². The lowest BCUT2D eigenvalue weighted by Crippen LogP contribution is -2.10. The molecular weight excluding hydrogens is 214 g/mol. The molecule has 0 aliphatic heterocycles. The van der Waals surface area contributed by atoms with Crippen molar-refractivity contribution in [3.05, 3.63) is 11.9 Å². The first-order valence-electron chi connectivity index (χ1n) is 6.61. The van der Waals surface area contributed by atoms with Gasteiger partial charge in [0.05, 0.1) is 12.1 Å². The minimum absolute atomic E-state index is 0.302. The number of rotatable bonds is 5. The Morgan fingerprint density at radius 1 is 1.41 bits per heavy atom. The van der Waals surface area contributed by atoms with Crippen LogP contribution in [0.15, 0.2) is 6.20 Å². The first kappa shape index (κ1) is 12.3. The van der Waals surface area contributed by atoms with Crippen LogP contribution in [0.25, 0.3) is 0 Å². The number of aromatic nitrogens is 3. The fraction of sp³-hybridized carbons (Fsp3) is 0.769. The highest BCUT2D eigenvalue weighted by Gasteiger charge is 2.15. The summed E-state index contributed by atoms with van der Waals surface area (Å²) in [5.41, 5.74) is 0.793. The molecule has 0 atom stereocenters. The summed E-state index contributed by atoms with van der Waals surface area (Å²) in [5, 5.41) is 7.78. The molecule has 0 saturated heterocycles. The van der Waals surface area contributed by atoms with Gasteiger partial charge in [-0.2, -0.15) is 0 Å². The van der Waals surface area contributed by atoms with Gasteiger partial charge in [-0.25, -0.2) is 0 Å². The molecule has 1 heterocycles. The van der Waals surface area contributed by atoms with E-state index in [2.05, 4.69) is 10.3 Å². The van der Waals surface area contributed by atoms with Crippen molar-refractivity contribution >= 4 is 5.78 Å². The van der Waals surface area contributed by atoms with Gasteiger partial charge in [-0.05, 0) is 12.3 Å². The zero-order valence-electron chi connectivity index (χ0n) is 10.6. The van der Waals surface area contributed by atoms with Crippen LogP contribution in [-0.4, -0.2) is 20.8 Å². The molecule has 1 aromatic rings. The number of Topliss-reactive ketones (excluding diaryl/α,β-unsaturated/α-hetero) is 1. The molecule has 0 bridgehead atoms. The van der Waals surface area contributed by atoms with Crippen molar-refractivity contribution in [1.29, 1.82) is 0 Å². The predicted molar refractivity (Wildman–Crippen MR) is 65.5 cm³/mol. The van der Waals surface area contributed by atoms with Gasteiger partial charge in [0.1, 0.15) is 5.78 Å². The van der Waals surface area contributed by atoms with Gasteiger partial charge >= 0.3 is 0 Å². The van der Waals surface area contributed by atoms with Crippen molar-refractivity contribution in [3.63, 3.8) is 0 Å². The van der Waals surface area contributed by atoms with E-state index in [-0.39, 0.29) is 0 Å². The van der Waals surface area contributed by atoms with Gasteiger partial charge in [-0.15, -0.1) is 5.10 Å². The second kappa shape index (κ2) is 5.94. The molecule has 0 radical (unpaired) electrons. The maximum atomic E-state index is 11.8. The van der Waals surface area contributed by atoms with E-state index >= 15 is 0 Å². The van der Waals surface area contributed by atoms with Crippen LogP contribution in [-0.2, 0) is 18.3 Å². The highest BCUT2D eigenvalue weighted by atomic mass is 16.1. The van der Waals surface area contributed by atoms with Crippen LogP contribution in [0.5, 0.6) is 0 Å². The Hall–Kier alpha value is -1.19. The Kier molecular flexibility index (Phi) is 4.29. The van der Waals surface area contributed by atoms with Crippen molar-refractivity contribution in [2.75, 3.05) is 0 Å². The first-order chi connectivity index (χ1) is 8.24. The summed E-state index contributed by atoms with van der Waals surface area (Å²) in [6.45, 7) is 0. The maximum Gasteiger partial charge on any atom is 0.138 e. The summed E-state index contributed by atoms with van der Waals surface area (Å²) in [6, 6.07) is 0. The molecule has 0 amide bonds. The Morgan fingerprint density at radius 3 is 2.82 bits per heavy atom. The average molecular weight is 235 g/mol. The Balaban J connectivity index is 1.70. The number of hydrogen-bond donors (Lipinski definition) is 0. The molecule has 1 fully saturated rings. The van der Waals surface area contributed by atoms with Crippen molar-refractivity contribution < 1.29 is 4.79 Å². The van der Waals surface area contributed by atoms with E-state index in [0.29, 0.717) is 18.6 Å². The summed E-state index contributed by atoms with van der Waals surface area (Å²) < 4.78 is 1.64. The minimum atomic E-state index is 0.302. The van der Waals surface area contributed by atoms with Gasteiger partial charge in [0.15, 0.2) is 0 Å². The van der Waals surface area contributed by atoms with E-state index in [1.807, 2.05) is 13.2 Å². The minimum Gasteiger partial charge on any atom is -0.299 e. The predicted octanol–water partition coefficient (Wildman–Crippen LogP) is 2.29. The van der Waals surface area contributed by atoms with Crippen LogP contribution < -0.4 is 0 Å². The number of hydrogen-bond acceptors (Lipinski definition) is 3. The van der Waals surface area contributed by atoms with Crippen molar-refractivity contribution in [2.24, 2.45) is 13.0 Å². The largest absolute Gasteiger partial charge is 0.299 e. The van der Waals surface area contributed by atoms with Crippen LogP contribution >= 0.6 is 0 Å². The number of aryl methyl sites for hydroxylation is 1. The highest BCUT2D eigenvalue weighted by Crippen LogP contribution is 2.27. The molecule has 1 saturated carbocycles. The summed E-state index contributed by atoms with van der Waals surface area (Å²) >= 11 is 0. The van der Waals surface area contributed by atoms with E-state index in [0.717, 1.165) is 18.0 Å². The topological polar surface area (TPSA) is 47.8 Å². The SMILES string of the molecule is Cn1cc(CC(=O)CCC2CCCCC2)nn1. The molecule has 1 aromatic heterocycles. The van der Waals surface area contributed by atoms with Gasteiger partial charge in [-0.1, -0.05) is 37.3 Å². The second-order valence-electron chi connectivity index (χ2n) is 5.14. The molecule has 2 rings (SSSR count). The van der Waals surface area contributed by atoms with Gasteiger partial charge in [0.2, 0.25) is 0 Å². The molecule has 17 heavy (non-hydrogen) atoms. The lowest BCUT2D eigenvalue weighted by molar-refractivity contribution is -0.118. The number of nitrogens with zero attached hydrogens (tertiary/aromatic N) is 3. The van der Waals surface area contributed by atoms with E-state index in [1.165, 1.54) is 32.1 Å². The van der Waals surface area contributed by atoms with Gasteiger partial charge in [-0.3, -0.25) is 9.48 Å². The van der Waals surface area contributed by atoms with Gasteiger partial charge in [0, 0.05) is 19.7 Å². The van der Waals surface area contributed by atoms with Crippen LogP contribution in [0, 0.1) is 5.92 Å². The van der Waals surface area contributed by atoms with Gasteiger partial charge in [0.25, 0.3) is 0 Å². The average Bonchev–Trinajstić information content (AvgIpc) is 2.73. The van der Waals surface area contributed by atoms with Crippen molar-refractivity contribution in [1.82, 2.24) is 15.0 Å². The Morgan fingerprint density at radius 2 is 2.18 bits per heavy atom. The van der Waals surface area contributed by atoms with Crippen LogP contribution in [0.3, 0.4) is 0 Å². The third-order valence-corrected chi connectivity index (χ3v) is 3.58. The Bertz CT molecular complexity index is 366. The quantitative estimate of drug-likeness (QED) is 0.786. The lowest BCUT2D eigenvalue weighted by Gasteiger charge is -2.20. The number of carbonyl (C=O) groups excluding carboxylic acids is 1. The summed E-state index contributed by atoms with van der Waals surface area (Å²) in [7, 11) is 1.82. The molecule has 0 unspecified atom stereocenters. The smallest absolute Gasteiger partial charge is 0.138 e. The van der Waals surface area contributed by atoms with Crippen LogP contribution in [0.1, 0.15) is 50.6 Å². The highest BCUT2D eigenvalue weighted by molar-refractivity contribution is 5.80. The van der Waals surface area contributed by atoms with E-state index < -0.39 is 0 Å².